The third-order valence-electron chi connectivity index (χ3n) is 4.46. The molecule has 0 saturated heterocycles. The van der Waals surface area contributed by atoms with Crippen molar-refractivity contribution in [2.24, 2.45) is 0 Å². The molecule has 0 aliphatic heterocycles. The van der Waals surface area contributed by atoms with Gasteiger partial charge in [0.2, 0.25) is 0 Å². The molecule has 0 unspecified atom stereocenters. The number of anilines is 2. The molecule has 0 amide bonds. The van der Waals surface area contributed by atoms with Crippen LogP contribution >= 0.6 is 0 Å². The summed E-state index contributed by atoms with van der Waals surface area (Å²) in [4.78, 5) is 9.23. The first-order valence-electron chi connectivity index (χ1n) is 10.4. The zero-order chi connectivity index (χ0) is 20.9. The first-order valence-corrected chi connectivity index (χ1v) is 10.4. The number of aromatic nitrogens is 3. The first-order chi connectivity index (χ1) is 13.0. The van der Waals surface area contributed by atoms with Crippen LogP contribution in [0.4, 0.5) is 11.6 Å². The second kappa shape index (κ2) is 9.09. The fraction of sp³-hybridized carbons (Fsp3) is 0.714. The highest BCUT2D eigenvalue weighted by molar-refractivity contribution is 5.88. The van der Waals surface area contributed by atoms with Crippen LogP contribution < -0.4 is 16.4 Å². The minimum absolute atomic E-state index is 0.125. The van der Waals surface area contributed by atoms with Gasteiger partial charge in [0.25, 0.3) is 0 Å². The zero-order valence-corrected chi connectivity index (χ0v) is 18.4. The molecule has 0 atom stereocenters. The van der Waals surface area contributed by atoms with Crippen LogP contribution in [0.1, 0.15) is 66.6 Å². The van der Waals surface area contributed by atoms with Gasteiger partial charge in [-0.15, -0.1) is 0 Å². The summed E-state index contributed by atoms with van der Waals surface area (Å²) >= 11 is 0. The van der Waals surface area contributed by atoms with Crippen LogP contribution in [0.2, 0.25) is 0 Å². The molecule has 0 fully saturated rings. The largest absolute Gasteiger partial charge is 0.389 e. The van der Waals surface area contributed by atoms with Crippen molar-refractivity contribution in [3.05, 3.63) is 11.9 Å². The quantitative estimate of drug-likeness (QED) is 0.464. The van der Waals surface area contributed by atoms with Gasteiger partial charge >= 0.3 is 0 Å². The van der Waals surface area contributed by atoms with Crippen molar-refractivity contribution in [3.63, 3.8) is 0 Å². The van der Waals surface area contributed by atoms with Gasteiger partial charge in [0, 0.05) is 24.6 Å². The highest BCUT2D eigenvalue weighted by Gasteiger charge is 2.21. The highest BCUT2D eigenvalue weighted by Crippen LogP contribution is 2.26. The van der Waals surface area contributed by atoms with Crippen LogP contribution in [0.25, 0.3) is 11.0 Å². The second-order valence-electron chi connectivity index (χ2n) is 9.25. The fourth-order valence-electron chi connectivity index (χ4n) is 3.14. The van der Waals surface area contributed by atoms with Crippen molar-refractivity contribution in [2.75, 3.05) is 24.1 Å². The summed E-state index contributed by atoms with van der Waals surface area (Å²) in [7, 11) is 0. The van der Waals surface area contributed by atoms with Crippen LogP contribution in [0.5, 0.6) is 0 Å². The third-order valence-corrected chi connectivity index (χ3v) is 4.46. The number of nitrogen functional groups attached to an aromatic ring is 1. The molecule has 2 aromatic heterocycles. The molecule has 0 aliphatic carbocycles. The summed E-state index contributed by atoms with van der Waals surface area (Å²) in [5, 5.41) is 17.2. The highest BCUT2D eigenvalue weighted by atomic mass is 16.3. The summed E-state index contributed by atoms with van der Waals surface area (Å²) in [6, 6.07) is 2.00. The van der Waals surface area contributed by atoms with Crippen molar-refractivity contribution < 1.29 is 5.11 Å². The zero-order valence-electron chi connectivity index (χ0n) is 18.4. The molecule has 0 bridgehead atoms. The fourth-order valence-corrected chi connectivity index (χ4v) is 3.14. The lowest BCUT2D eigenvalue weighted by atomic mass is 10.1. The lowest BCUT2D eigenvalue weighted by Gasteiger charge is -2.21. The molecule has 0 aliphatic rings. The number of aryl methyl sites for hydroxylation is 1. The molecule has 2 heterocycles. The van der Waals surface area contributed by atoms with E-state index in [4.69, 9.17) is 10.7 Å². The number of unbranched alkanes of at least 4 members (excludes halogenated alkanes) is 1. The first kappa shape index (κ1) is 22.4. The number of rotatable bonds is 10. The van der Waals surface area contributed by atoms with E-state index in [9.17, 15) is 5.11 Å². The third kappa shape index (κ3) is 6.63. The van der Waals surface area contributed by atoms with E-state index in [1.165, 1.54) is 0 Å². The Morgan fingerprint density at radius 2 is 1.82 bits per heavy atom. The van der Waals surface area contributed by atoms with Gasteiger partial charge in [-0.3, -0.25) is 0 Å². The smallest absolute Gasteiger partial charge is 0.154 e. The van der Waals surface area contributed by atoms with Crippen LogP contribution in [0.15, 0.2) is 6.07 Å². The van der Waals surface area contributed by atoms with E-state index in [-0.39, 0.29) is 5.54 Å². The number of imidazole rings is 1. The van der Waals surface area contributed by atoms with E-state index in [2.05, 4.69) is 47.9 Å². The molecule has 2 rings (SSSR count). The number of aliphatic hydroxyl groups is 1. The number of hydrogen-bond donors (Lipinski definition) is 4. The van der Waals surface area contributed by atoms with Crippen LogP contribution in [-0.2, 0) is 13.0 Å². The predicted octanol–water partition coefficient (Wildman–Crippen LogP) is 3.32. The number of nitrogens with zero attached hydrogens (tertiary/aromatic N) is 3. The predicted molar refractivity (Wildman–Crippen MR) is 118 cm³/mol. The van der Waals surface area contributed by atoms with Crippen LogP contribution in [0.3, 0.4) is 0 Å². The van der Waals surface area contributed by atoms with Gasteiger partial charge < -0.3 is 26.0 Å². The minimum Gasteiger partial charge on any atom is -0.389 e. The van der Waals surface area contributed by atoms with Gasteiger partial charge in [0.05, 0.1) is 17.7 Å². The Balaban J connectivity index is 2.21. The molecule has 0 radical (unpaired) electrons. The van der Waals surface area contributed by atoms with E-state index in [1.807, 2.05) is 19.9 Å². The van der Waals surface area contributed by atoms with Crippen molar-refractivity contribution >= 4 is 22.7 Å². The molecule has 0 spiro atoms. The number of nitrogens with one attached hydrogen (secondary N) is 2. The Morgan fingerprint density at radius 1 is 1.11 bits per heavy atom. The Bertz CT molecular complexity index is 770. The SMILES string of the molecule is CCCCc1nc2c(N)nc(NCCCNC(C)(C)C)cc2n1CC(C)(C)O. The van der Waals surface area contributed by atoms with Crippen molar-refractivity contribution in [1.82, 2.24) is 19.9 Å². The monoisotopic (exact) mass is 390 g/mol. The molecule has 0 saturated carbocycles. The minimum atomic E-state index is -0.834. The summed E-state index contributed by atoms with van der Waals surface area (Å²) in [6.07, 6.45) is 3.99. The number of hydrogen-bond acceptors (Lipinski definition) is 6. The van der Waals surface area contributed by atoms with E-state index in [0.717, 1.165) is 61.4 Å². The standard InChI is InChI=1S/C21H38N6O/c1-7-8-10-17-26-18-15(27(17)14-21(5,6)28)13-16(25-19(18)22)23-11-9-12-24-20(2,3)4/h13,24,28H,7-12,14H2,1-6H3,(H3,22,23,25). The lowest BCUT2D eigenvalue weighted by molar-refractivity contribution is 0.0618. The van der Waals surface area contributed by atoms with Crippen molar-refractivity contribution in [3.8, 4) is 0 Å². The number of fused-ring (bicyclic) bond motifs is 1. The molecular formula is C21H38N6O. The summed E-state index contributed by atoms with van der Waals surface area (Å²) in [5.74, 6) is 2.14. The van der Waals surface area contributed by atoms with Gasteiger partial charge in [0.1, 0.15) is 17.2 Å². The lowest BCUT2D eigenvalue weighted by Crippen LogP contribution is -2.36. The Kier molecular flexibility index (Phi) is 7.28. The molecule has 7 heteroatoms. The Morgan fingerprint density at radius 3 is 2.43 bits per heavy atom. The number of pyridine rings is 1. The topological polar surface area (TPSA) is 101 Å². The van der Waals surface area contributed by atoms with E-state index >= 15 is 0 Å². The van der Waals surface area contributed by atoms with Gasteiger partial charge in [0.15, 0.2) is 5.82 Å². The van der Waals surface area contributed by atoms with E-state index in [1.54, 1.807) is 0 Å². The van der Waals surface area contributed by atoms with Crippen LogP contribution in [0, 0.1) is 0 Å². The molecule has 28 heavy (non-hydrogen) atoms. The van der Waals surface area contributed by atoms with Gasteiger partial charge in [-0.2, -0.15) is 0 Å². The van der Waals surface area contributed by atoms with E-state index < -0.39 is 5.60 Å². The molecule has 7 nitrogen and oxygen atoms in total. The van der Waals surface area contributed by atoms with Crippen LogP contribution in [-0.4, -0.2) is 43.9 Å². The average Bonchev–Trinajstić information content (AvgIpc) is 2.88. The second-order valence-corrected chi connectivity index (χ2v) is 9.25. The summed E-state index contributed by atoms with van der Waals surface area (Å²) in [6.45, 7) is 14.5. The molecule has 0 aromatic carbocycles. The van der Waals surface area contributed by atoms with Crippen molar-refractivity contribution in [1.29, 1.82) is 0 Å². The normalized spacial score (nSPS) is 12.7. The average molecular weight is 391 g/mol. The summed E-state index contributed by atoms with van der Waals surface area (Å²) < 4.78 is 2.09. The van der Waals surface area contributed by atoms with Gasteiger partial charge in [-0.1, -0.05) is 13.3 Å². The maximum absolute atomic E-state index is 10.4. The molecule has 158 valence electrons. The Labute approximate surface area is 169 Å². The maximum Gasteiger partial charge on any atom is 0.154 e. The molecule has 2 aromatic rings. The van der Waals surface area contributed by atoms with Gasteiger partial charge in [-0.25, -0.2) is 9.97 Å². The molecule has 5 N–H and O–H groups in total. The summed E-state index contributed by atoms with van der Waals surface area (Å²) in [5.41, 5.74) is 7.15. The van der Waals surface area contributed by atoms with E-state index in [0.29, 0.717) is 12.4 Å². The Hall–Kier alpha value is -1.86. The van der Waals surface area contributed by atoms with Crippen molar-refractivity contribution in [2.45, 2.75) is 84.9 Å². The molecular weight excluding hydrogens is 352 g/mol. The van der Waals surface area contributed by atoms with Gasteiger partial charge in [-0.05, 0) is 54.0 Å². The number of nitrogens with two attached hydrogens (primary N) is 1. The maximum atomic E-state index is 10.4.